The summed E-state index contributed by atoms with van der Waals surface area (Å²) in [6, 6.07) is 13.3. The number of carbonyl (C=O) groups excluding carboxylic acids is 1. The molecule has 0 spiro atoms. The molecule has 0 aliphatic carbocycles. The van der Waals surface area contributed by atoms with Gasteiger partial charge in [0.2, 0.25) is 5.91 Å². The van der Waals surface area contributed by atoms with Crippen LogP contribution in [0, 0.1) is 13.8 Å². The van der Waals surface area contributed by atoms with Gasteiger partial charge in [0.1, 0.15) is 5.75 Å². The molecule has 4 heteroatoms. The number of nitrogens with two attached hydrogens (primary N) is 1. The Balaban J connectivity index is 1.78. The van der Waals surface area contributed by atoms with Gasteiger partial charge in [0.15, 0.2) is 0 Å². The molecule has 2 rings (SSSR count). The van der Waals surface area contributed by atoms with Gasteiger partial charge in [0.25, 0.3) is 0 Å². The van der Waals surface area contributed by atoms with E-state index in [1.54, 1.807) is 6.07 Å². The topological polar surface area (TPSA) is 64.3 Å². The quantitative estimate of drug-likeness (QED) is 0.631. The molecular weight excluding hydrogens is 276 g/mol. The van der Waals surface area contributed by atoms with Crippen LogP contribution in [-0.4, -0.2) is 12.5 Å². The van der Waals surface area contributed by atoms with Crippen molar-refractivity contribution in [2.24, 2.45) is 0 Å². The largest absolute Gasteiger partial charge is 0.491 e. The van der Waals surface area contributed by atoms with Gasteiger partial charge in [0, 0.05) is 12.1 Å². The molecule has 0 aliphatic rings. The average molecular weight is 298 g/mol. The van der Waals surface area contributed by atoms with Gasteiger partial charge < -0.3 is 15.8 Å². The highest BCUT2D eigenvalue weighted by Gasteiger charge is 2.07. The van der Waals surface area contributed by atoms with E-state index in [4.69, 9.17) is 10.5 Å². The smallest absolute Gasteiger partial charge is 0.224 e. The first kappa shape index (κ1) is 15.9. The zero-order chi connectivity index (χ0) is 15.9. The molecule has 0 saturated carbocycles. The highest BCUT2D eigenvalue weighted by molar-refractivity contribution is 5.92. The second-order valence-corrected chi connectivity index (χ2v) is 5.30. The number of hydrogen-bond acceptors (Lipinski definition) is 3. The van der Waals surface area contributed by atoms with E-state index >= 15 is 0 Å². The molecule has 22 heavy (non-hydrogen) atoms. The molecule has 0 unspecified atom stereocenters. The maximum Gasteiger partial charge on any atom is 0.224 e. The Hall–Kier alpha value is -2.49. The van der Waals surface area contributed by atoms with Crippen molar-refractivity contribution in [2.75, 3.05) is 17.7 Å². The summed E-state index contributed by atoms with van der Waals surface area (Å²) in [4.78, 5) is 12.0. The number of aryl methyl sites for hydroxylation is 2. The van der Waals surface area contributed by atoms with Crippen molar-refractivity contribution in [2.45, 2.75) is 26.7 Å². The molecule has 0 radical (unpaired) electrons. The van der Waals surface area contributed by atoms with Crippen LogP contribution >= 0.6 is 0 Å². The van der Waals surface area contributed by atoms with E-state index in [2.05, 4.69) is 5.32 Å². The third-order valence-electron chi connectivity index (χ3n) is 3.47. The minimum Gasteiger partial charge on any atom is -0.491 e. The molecule has 0 aromatic heterocycles. The molecule has 4 nitrogen and oxygen atoms in total. The first-order chi connectivity index (χ1) is 10.6. The molecule has 1 amide bonds. The number of ether oxygens (including phenoxy) is 1. The lowest BCUT2D eigenvalue weighted by molar-refractivity contribution is -0.116. The summed E-state index contributed by atoms with van der Waals surface area (Å²) in [6.45, 7) is 4.45. The zero-order valence-corrected chi connectivity index (χ0v) is 13.1. The normalized spacial score (nSPS) is 10.3. The number of benzene rings is 2. The summed E-state index contributed by atoms with van der Waals surface area (Å²) in [7, 11) is 0. The lowest BCUT2D eigenvalue weighted by Gasteiger charge is -2.12. The van der Waals surface area contributed by atoms with Crippen LogP contribution in [0.15, 0.2) is 42.5 Å². The minimum atomic E-state index is 0.00188. The Morgan fingerprint density at radius 2 is 1.77 bits per heavy atom. The average Bonchev–Trinajstić information content (AvgIpc) is 2.49. The predicted octanol–water partition coefficient (Wildman–Crippen LogP) is 3.68. The van der Waals surface area contributed by atoms with Gasteiger partial charge in [-0.05, 0) is 43.5 Å². The van der Waals surface area contributed by atoms with Crippen molar-refractivity contribution in [3.05, 3.63) is 53.6 Å². The Morgan fingerprint density at radius 1 is 1.09 bits per heavy atom. The number of para-hydroxylation sites is 3. The molecular formula is C18H22N2O2. The lowest BCUT2D eigenvalue weighted by atomic mass is 10.1. The van der Waals surface area contributed by atoms with Crippen LogP contribution in [0.3, 0.4) is 0 Å². The number of rotatable bonds is 6. The summed E-state index contributed by atoms with van der Waals surface area (Å²) in [5.74, 6) is 0.666. The standard InChI is InChI=1S/C18H22N2O2/c1-13-7-5-8-14(2)18(13)20-17(21)11-6-12-22-16-10-4-3-9-15(16)19/h3-5,7-10H,6,11-12,19H2,1-2H3,(H,20,21). The molecule has 2 aromatic carbocycles. The van der Waals surface area contributed by atoms with Crippen LogP contribution in [0.4, 0.5) is 11.4 Å². The number of hydrogen-bond donors (Lipinski definition) is 2. The fourth-order valence-corrected chi connectivity index (χ4v) is 2.24. The third kappa shape index (κ3) is 4.25. The van der Waals surface area contributed by atoms with Crippen molar-refractivity contribution in [1.82, 2.24) is 0 Å². The van der Waals surface area contributed by atoms with Gasteiger partial charge in [-0.15, -0.1) is 0 Å². The Kier molecular flexibility index (Phi) is 5.42. The van der Waals surface area contributed by atoms with E-state index in [9.17, 15) is 4.79 Å². The highest BCUT2D eigenvalue weighted by atomic mass is 16.5. The second-order valence-electron chi connectivity index (χ2n) is 5.30. The van der Waals surface area contributed by atoms with Crippen LogP contribution in [0.5, 0.6) is 5.75 Å². The zero-order valence-electron chi connectivity index (χ0n) is 13.1. The van der Waals surface area contributed by atoms with Gasteiger partial charge >= 0.3 is 0 Å². The molecule has 0 aliphatic heterocycles. The SMILES string of the molecule is Cc1cccc(C)c1NC(=O)CCCOc1ccccc1N. The van der Waals surface area contributed by atoms with Gasteiger partial charge in [-0.1, -0.05) is 30.3 Å². The van der Waals surface area contributed by atoms with Crippen molar-refractivity contribution in [1.29, 1.82) is 0 Å². The number of anilines is 2. The molecule has 0 atom stereocenters. The molecule has 0 heterocycles. The number of nitrogen functional groups attached to an aromatic ring is 1. The van der Waals surface area contributed by atoms with Crippen molar-refractivity contribution in [3.8, 4) is 5.75 Å². The molecule has 2 aromatic rings. The maximum absolute atomic E-state index is 12.0. The van der Waals surface area contributed by atoms with Crippen LogP contribution in [-0.2, 0) is 4.79 Å². The Bertz CT molecular complexity index is 633. The predicted molar refractivity (Wildman–Crippen MR) is 90.1 cm³/mol. The first-order valence-electron chi connectivity index (χ1n) is 7.41. The lowest BCUT2D eigenvalue weighted by Crippen LogP contribution is -2.14. The van der Waals surface area contributed by atoms with Crippen molar-refractivity contribution in [3.63, 3.8) is 0 Å². The van der Waals surface area contributed by atoms with E-state index < -0.39 is 0 Å². The molecule has 0 fully saturated rings. The van der Waals surface area contributed by atoms with Crippen molar-refractivity contribution >= 4 is 17.3 Å². The Labute approximate surface area is 131 Å². The fraction of sp³-hybridized carbons (Fsp3) is 0.278. The van der Waals surface area contributed by atoms with E-state index in [0.29, 0.717) is 30.9 Å². The maximum atomic E-state index is 12.0. The van der Waals surface area contributed by atoms with Gasteiger partial charge in [-0.2, -0.15) is 0 Å². The van der Waals surface area contributed by atoms with Crippen LogP contribution in [0.1, 0.15) is 24.0 Å². The summed E-state index contributed by atoms with van der Waals surface area (Å²) >= 11 is 0. The highest BCUT2D eigenvalue weighted by Crippen LogP contribution is 2.21. The monoisotopic (exact) mass is 298 g/mol. The Morgan fingerprint density at radius 3 is 2.45 bits per heavy atom. The second kappa shape index (κ2) is 7.50. The fourth-order valence-electron chi connectivity index (χ4n) is 2.24. The number of amides is 1. The van der Waals surface area contributed by atoms with Crippen LogP contribution in [0.2, 0.25) is 0 Å². The first-order valence-corrected chi connectivity index (χ1v) is 7.41. The third-order valence-corrected chi connectivity index (χ3v) is 3.47. The van der Waals surface area contributed by atoms with Gasteiger partial charge in [0.05, 0.1) is 12.3 Å². The summed E-state index contributed by atoms with van der Waals surface area (Å²) in [5.41, 5.74) is 9.45. The van der Waals surface area contributed by atoms with E-state index in [-0.39, 0.29) is 5.91 Å². The van der Waals surface area contributed by atoms with E-state index in [1.807, 2.05) is 50.2 Å². The molecule has 0 saturated heterocycles. The van der Waals surface area contributed by atoms with Crippen LogP contribution in [0.25, 0.3) is 0 Å². The molecule has 116 valence electrons. The number of carbonyl (C=O) groups is 1. The summed E-state index contributed by atoms with van der Waals surface area (Å²) < 4.78 is 5.58. The summed E-state index contributed by atoms with van der Waals surface area (Å²) in [6.07, 6.45) is 1.06. The molecule has 3 N–H and O–H groups in total. The van der Waals surface area contributed by atoms with Gasteiger partial charge in [-0.25, -0.2) is 0 Å². The van der Waals surface area contributed by atoms with E-state index in [1.165, 1.54) is 0 Å². The summed E-state index contributed by atoms with van der Waals surface area (Å²) in [5, 5.41) is 2.97. The number of nitrogens with one attached hydrogen (secondary N) is 1. The van der Waals surface area contributed by atoms with Crippen LogP contribution < -0.4 is 15.8 Å². The molecule has 0 bridgehead atoms. The van der Waals surface area contributed by atoms with Gasteiger partial charge in [-0.3, -0.25) is 4.79 Å². The minimum absolute atomic E-state index is 0.00188. The van der Waals surface area contributed by atoms with E-state index in [0.717, 1.165) is 16.8 Å². The van der Waals surface area contributed by atoms with Crippen molar-refractivity contribution < 1.29 is 9.53 Å².